The van der Waals surface area contributed by atoms with Gasteiger partial charge in [-0.05, 0) is 30.3 Å². The van der Waals surface area contributed by atoms with Crippen molar-refractivity contribution >= 4 is 15.9 Å². The van der Waals surface area contributed by atoms with Gasteiger partial charge >= 0.3 is 6.18 Å². The minimum atomic E-state index is -4.56. The molecule has 9 heteroatoms. The first kappa shape index (κ1) is 15.5. The number of nitrogens with zero attached hydrogens (tertiary/aromatic N) is 4. The van der Waals surface area contributed by atoms with Crippen LogP contribution < -0.4 is 0 Å². The third kappa shape index (κ3) is 3.04. The van der Waals surface area contributed by atoms with Crippen LogP contribution in [-0.2, 0) is 6.18 Å². The fourth-order valence-corrected chi connectivity index (χ4v) is 2.34. The molecule has 0 bridgehead atoms. The predicted octanol–water partition coefficient (Wildman–Crippen LogP) is 3.82. The molecule has 118 valence electrons. The van der Waals surface area contributed by atoms with E-state index in [0.29, 0.717) is 10.0 Å². The van der Waals surface area contributed by atoms with Gasteiger partial charge in [0.25, 0.3) is 0 Å². The third-order valence-electron chi connectivity index (χ3n) is 3.00. The average Bonchev–Trinajstić information content (AvgIpc) is 2.98. The molecule has 5 nitrogen and oxygen atoms in total. The van der Waals surface area contributed by atoms with Crippen molar-refractivity contribution in [3.05, 3.63) is 52.9 Å². The Hall–Kier alpha value is -2.42. The summed E-state index contributed by atoms with van der Waals surface area (Å²) in [5.41, 5.74) is -0.627. The summed E-state index contributed by atoms with van der Waals surface area (Å²) in [6.07, 6.45) is -2.20. The summed E-state index contributed by atoms with van der Waals surface area (Å²) in [6.45, 7) is 0. The molecular formula is C14H8BrF3N4O. The number of phenols is 1. The molecule has 23 heavy (non-hydrogen) atoms. The molecule has 0 aliphatic rings. The van der Waals surface area contributed by atoms with E-state index in [2.05, 4.69) is 31.0 Å². The number of phenolic OH excluding ortho intramolecular Hbond substituents is 1. The Bertz CT molecular complexity index is 863. The van der Waals surface area contributed by atoms with Crippen molar-refractivity contribution in [3.63, 3.8) is 0 Å². The van der Waals surface area contributed by atoms with Gasteiger partial charge in [0.1, 0.15) is 17.6 Å². The average molecular weight is 385 g/mol. The Labute approximate surface area is 136 Å². The Morgan fingerprint density at radius 1 is 1.13 bits per heavy atom. The van der Waals surface area contributed by atoms with Crippen LogP contribution in [-0.4, -0.2) is 24.9 Å². The fraction of sp³-hybridized carbons (Fsp3) is 0.0714. The van der Waals surface area contributed by atoms with Crippen molar-refractivity contribution in [2.45, 2.75) is 6.18 Å². The maximum atomic E-state index is 13.0. The highest BCUT2D eigenvalue weighted by Gasteiger charge is 2.35. The van der Waals surface area contributed by atoms with E-state index in [9.17, 15) is 18.3 Å². The summed E-state index contributed by atoms with van der Waals surface area (Å²) in [6, 6.07) is 6.74. The van der Waals surface area contributed by atoms with Gasteiger partial charge in [-0.25, -0.2) is 14.6 Å². The Morgan fingerprint density at radius 3 is 2.65 bits per heavy atom. The van der Waals surface area contributed by atoms with E-state index in [0.717, 1.165) is 17.1 Å². The van der Waals surface area contributed by atoms with Gasteiger partial charge in [0.15, 0.2) is 11.6 Å². The number of alkyl halides is 3. The zero-order chi connectivity index (χ0) is 16.6. The first-order chi connectivity index (χ1) is 10.9. The lowest BCUT2D eigenvalue weighted by Gasteiger charge is -2.10. The zero-order valence-corrected chi connectivity index (χ0v) is 12.9. The molecule has 0 fully saturated rings. The fourth-order valence-electron chi connectivity index (χ4n) is 1.98. The monoisotopic (exact) mass is 384 g/mol. The number of hydrogen-bond donors (Lipinski definition) is 1. The number of aromatic hydroxyl groups is 1. The molecule has 1 aromatic carbocycles. The summed E-state index contributed by atoms with van der Waals surface area (Å²) in [5.74, 6) is -0.376. The number of aromatic nitrogens is 4. The molecule has 0 atom stereocenters. The van der Waals surface area contributed by atoms with E-state index in [4.69, 9.17) is 0 Å². The van der Waals surface area contributed by atoms with Crippen molar-refractivity contribution < 1.29 is 18.3 Å². The largest absolute Gasteiger partial charge is 0.507 e. The van der Waals surface area contributed by atoms with Crippen LogP contribution in [0.2, 0.25) is 0 Å². The second kappa shape index (κ2) is 5.65. The van der Waals surface area contributed by atoms with E-state index < -0.39 is 11.7 Å². The molecule has 0 spiro atoms. The van der Waals surface area contributed by atoms with Crippen LogP contribution in [0.3, 0.4) is 0 Å². The minimum absolute atomic E-state index is 0.0805. The molecule has 0 radical (unpaired) electrons. The number of benzene rings is 1. The number of halogens is 4. The van der Waals surface area contributed by atoms with E-state index >= 15 is 0 Å². The van der Waals surface area contributed by atoms with Crippen LogP contribution in [0.4, 0.5) is 13.2 Å². The predicted molar refractivity (Wildman–Crippen MR) is 79.0 cm³/mol. The van der Waals surface area contributed by atoms with Crippen molar-refractivity contribution in [1.29, 1.82) is 0 Å². The van der Waals surface area contributed by atoms with E-state index in [1.807, 2.05) is 0 Å². The van der Waals surface area contributed by atoms with Crippen molar-refractivity contribution in [2.24, 2.45) is 0 Å². The lowest BCUT2D eigenvalue weighted by Crippen LogP contribution is -2.12. The van der Waals surface area contributed by atoms with Gasteiger partial charge in [-0.15, -0.1) is 5.10 Å². The van der Waals surface area contributed by atoms with Crippen molar-refractivity contribution in [3.8, 4) is 23.0 Å². The Kier molecular flexibility index (Phi) is 3.80. The molecule has 3 aromatic rings. The number of pyridine rings is 1. The topological polar surface area (TPSA) is 63.8 Å². The molecule has 1 N–H and O–H groups in total. The zero-order valence-electron chi connectivity index (χ0n) is 11.3. The van der Waals surface area contributed by atoms with Gasteiger partial charge in [-0.1, -0.05) is 15.9 Å². The molecule has 0 amide bonds. The molecule has 2 aromatic heterocycles. The second-order valence-electron chi connectivity index (χ2n) is 4.55. The summed E-state index contributed by atoms with van der Waals surface area (Å²) in [7, 11) is 0. The molecule has 0 aliphatic heterocycles. The summed E-state index contributed by atoms with van der Waals surface area (Å²) in [4.78, 5) is 7.68. The normalized spacial score (nSPS) is 11.7. The van der Waals surface area contributed by atoms with Gasteiger partial charge in [0, 0.05) is 10.7 Å². The standard InChI is InChI=1S/C14H8BrF3N4O/c15-8-3-4-11(23)9(6-8)12-20-7-22(21-12)13-10(14(16,17)18)2-1-5-19-13/h1-7,23H. The van der Waals surface area contributed by atoms with Crippen LogP contribution in [0.5, 0.6) is 5.75 Å². The van der Waals surface area contributed by atoms with E-state index in [1.54, 1.807) is 12.1 Å². The van der Waals surface area contributed by atoms with Gasteiger partial charge in [-0.3, -0.25) is 0 Å². The lowest BCUT2D eigenvalue weighted by atomic mass is 10.2. The first-order valence-corrected chi connectivity index (χ1v) is 7.08. The Morgan fingerprint density at radius 2 is 1.91 bits per heavy atom. The van der Waals surface area contributed by atoms with Crippen LogP contribution in [0.25, 0.3) is 17.2 Å². The van der Waals surface area contributed by atoms with E-state index in [1.165, 1.54) is 18.3 Å². The lowest BCUT2D eigenvalue weighted by molar-refractivity contribution is -0.137. The van der Waals surface area contributed by atoms with Gasteiger partial charge in [0.2, 0.25) is 0 Å². The van der Waals surface area contributed by atoms with Gasteiger partial charge in [0.05, 0.1) is 5.56 Å². The SMILES string of the molecule is Oc1ccc(Br)cc1-c1ncn(-c2ncccc2C(F)(F)F)n1. The summed E-state index contributed by atoms with van der Waals surface area (Å²) < 4.78 is 40.7. The van der Waals surface area contributed by atoms with Crippen molar-refractivity contribution in [2.75, 3.05) is 0 Å². The molecule has 2 heterocycles. The minimum Gasteiger partial charge on any atom is -0.507 e. The highest BCUT2D eigenvalue weighted by atomic mass is 79.9. The molecular weight excluding hydrogens is 377 g/mol. The van der Waals surface area contributed by atoms with Crippen LogP contribution in [0.1, 0.15) is 5.56 Å². The number of hydrogen-bond acceptors (Lipinski definition) is 4. The van der Waals surface area contributed by atoms with E-state index in [-0.39, 0.29) is 17.4 Å². The van der Waals surface area contributed by atoms with Gasteiger partial charge in [-0.2, -0.15) is 13.2 Å². The molecule has 3 rings (SSSR count). The van der Waals surface area contributed by atoms with Gasteiger partial charge < -0.3 is 5.11 Å². The second-order valence-corrected chi connectivity index (χ2v) is 5.46. The highest BCUT2D eigenvalue weighted by Crippen LogP contribution is 2.33. The maximum Gasteiger partial charge on any atom is 0.420 e. The number of rotatable bonds is 2. The van der Waals surface area contributed by atoms with Crippen LogP contribution in [0, 0.1) is 0 Å². The van der Waals surface area contributed by atoms with Crippen LogP contribution >= 0.6 is 15.9 Å². The molecule has 0 aliphatic carbocycles. The Balaban J connectivity index is 2.09. The molecule has 0 saturated heterocycles. The summed E-state index contributed by atoms with van der Waals surface area (Å²) in [5, 5.41) is 13.8. The highest BCUT2D eigenvalue weighted by molar-refractivity contribution is 9.10. The molecule has 0 saturated carbocycles. The smallest absolute Gasteiger partial charge is 0.420 e. The maximum absolute atomic E-state index is 13.0. The molecule has 0 unspecified atom stereocenters. The third-order valence-corrected chi connectivity index (χ3v) is 3.49. The van der Waals surface area contributed by atoms with Crippen LogP contribution in [0.15, 0.2) is 47.3 Å². The first-order valence-electron chi connectivity index (χ1n) is 6.29. The van der Waals surface area contributed by atoms with Crippen molar-refractivity contribution in [1.82, 2.24) is 19.7 Å². The summed E-state index contributed by atoms with van der Waals surface area (Å²) >= 11 is 3.25. The quantitative estimate of drug-likeness (QED) is 0.729.